The summed E-state index contributed by atoms with van der Waals surface area (Å²) in [5, 5.41) is 6.31. The minimum absolute atomic E-state index is 0.0337. The van der Waals surface area contributed by atoms with Crippen LogP contribution in [0.5, 0.6) is 0 Å². The third kappa shape index (κ3) is 3.48. The van der Waals surface area contributed by atoms with Crippen molar-refractivity contribution in [3.05, 3.63) is 29.8 Å². The first-order valence-electron chi connectivity index (χ1n) is 5.97. The predicted octanol–water partition coefficient (Wildman–Crippen LogP) is 1.95. The molecular formula is C13H18N2OS. The van der Waals surface area contributed by atoms with E-state index in [1.807, 2.05) is 11.8 Å². The molecule has 0 saturated heterocycles. The van der Waals surface area contributed by atoms with E-state index < -0.39 is 0 Å². The van der Waals surface area contributed by atoms with Gasteiger partial charge in [0.05, 0.1) is 0 Å². The van der Waals surface area contributed by atoms with Gasteiger partial charge in [-0.2, -0.15) is 0 Å². The van der Waals surface area contributed by atoms with Crippen LogP contribution in [0.15, 0.2) is 29.2 Å². The molecule has 0 bridgehead atoms. The Morgan fingerprint density at radius 3 is 3.06 bits per heavy atom. The molecule has 1 amide bonds. The first-order chi connectivity index (χ1) is 8.27. The second-order valence-electron chi connectivity index (χ2n) is 4.16. The summed E-state index contributed by atoms with van der Waals surface area (Å²) in [7, 11) is 0. The third-order valence-electron chi connectivity index (χ3n) is 2.85. The van der Waals surface area contributed by atoms with Gasteiger partial charge in [0, 0.05) is 31.0 Å². The highest BCUT2D eigenvalue weighted by Crippen LogP contribution is 2.35. The molecule has 3 nitrogen and oxygen atoms in total. The van der Waals surface area contributed by atoms with Crippen molar-refractivity contribution in [2.24, 2.45) is 0 Å². The summed E-state index contributed by atoms with van der Waals surface area (Å²) >= 11 is 1.93. The van der Waals surface area contributed by atoms with E-state index in [2.05, 4.69) is 34.9 Å². The first kappa shape index (κ1) is 12.5. The Bertz CT molecular complexity index is 395. The van der Waals surface area contributed by atoms with E-state index in [1.165, 1.54) is 10.5 Å². The van der Waals surface area contributed by atoms with Crippen molar-refractivity contribution in [1.29, 1.82) is 0 Å². The number of benzene rings is 1. The molecule has 0 radical (unpaired) electrons. The van der Waals surface area contributed by atoms with Crippen molar-refractivity contribution in [1.82, 2.24) is 10.6 Å². The second-order valence-corrected chi connectivity index (χ2v) is 5.30. The smallest absolute Gasteiger partial charge is 0.216 e. The van der Waals surface area contributed by atoms with Gasteiger partial charge in [-0.15, -0.1) is 11.8 Å². The van der Waals surface area contributed by atoms with Crippen molar-refractivity contribution < 1.29 is 4.79 Å². The van der Waals surface area contributed by atoms with Gasteiger partial charge in [-0.05, 0) is 23.8 Å². The number of fused-ring (bicyclic) bond motifs is 1. The third-order valence-corrected chi connectivity index (χ3v) is 3.97. The van der Waals surface area contributed by atoms with Crippen LogP contribution in [-0.4, -0.2) is 24.7 Å². The van der Waals surface area contributed by atoms with E-state index in [4.69, 9.17) is 0 Å². The molecule has 0 spiro atoms. The van der Waals surface area contributed by atoms with Crippen molar-refractivity contribution in [3.8, 4) is 0 Å². The summed E-state index contributed by atoms with van der Waals surface area (Å²) in [5.74, 6) is 1.20. The second kappa shape index (κ2) is 6.07. The van der Waals surface area contributed by atoms with E-state index in [1.54, 1.807) is 6.92 Å². The van der Waals surface area contributed by atoms with Gasteiger partial charge < -0.3 is 10.6 Å². The van der Waals surface area contributed by atoms with Gasteiger partial charge in [-0.1, -0.05) is 18.2 Å². The van der Waals surface area contributed by atoms with Gasteiger partial charge in [-0.25, -0.2) is 0 Å². The molecule has 17 heavy (non-hydrogen) atoms. The summed E-state index contributed by atoms with van der Waals surface area (Å²) in [4.78, 5) is 12.1. The molecule has 1 atom stereocenters. The Morgan fingerprint density at radius 1 is 1.41 bits per heavy atom. The summed E-state index contributed by atoms with van der Waals surface area (Å²) in [6, 6.07) is 8.99. The largest absolute Gasteiger partial charge is 0.355 e. The van der Waals surface area contributed by atoms with Crippen LogP contribution in [0.1, 0.15) is 24.9 Å². The van der Waals surface area contributed by atoms with E-state index in [0.717, 1.165) is 18.7 Å². The highest BCUT2D eigenvalue weighted by molar-refractivity contribution is 7.99. The van der Waals surface area contributed by atoms with E-state index >= 15 is 0 Å². The average molecular weight is 250 g/mol. The van der Waals surface area contributed by atoms with E-state index in [-0.39, 0.29) is 5.91 Å². The number of hydrogen-bond donors (Lipinski definition) is 2. The number of amides is 1. The molecule has 0 fully saturated rings. The van der Waals surface area contributed by atoms with Crippen LogP contribution >= 0.6 is 11.8 Å². The van der Waals surface area contributed by atoms with Crippen LogP contribution in [0.4, 0.5) is 0 Å². The molecule has 2 rings (SSSR count). The molecule has 4 heteroatoms. The highest BCUT2D eigenvalue weighted by atomic mass is 32.2. The Morgan fingerprint density at radius 2 is 2.24 bits per heavy atom. The zero-order valence-electron chi connectivity index (χ0n) is 10.0. The lowest BCUT2D eigenvalue weighted by atomic mass is 10.0. The lowest BCUT2D eigenvalue weighted by Gasteiger charge is -2.26. The van der Waals surface area contributed by atoms with Crippen LogP contribution in [0, 0.1) is 0 Å². The van der Waals surface area contributed by atoms with Crippen LogP contribution in [-0.2, 0) is 4.79 Å². The number of rotatable bonds is 4. The topological polar surface area (TPSA) is 41.1 Å². The quantitative estimate of drug-likeness (QED) is 0.803. The molecule has 1 aromatic carbocycles. The van der Waals surface area contributed by atoms with Crippen molar-refractivity contribution in [2.45, 2.75) is 24.3 Å². The Balaban J connectivity index is 1.88. The normalized spacial score (nSPS) is 18.5. The molecule has 1 aliphatic heterocycles. The molecule has 1 heterocycles. The van der Waals surface area contributed by atoms with Crippen LogP contribution in [0.2, 0.25) is 0 Å². The lowest BCUT2D eigenvalue weighted by Crippen LogP contribution is -2.33. The summed E-state index contributed by atoms with van der Waals surface area (Å²) in [6.45, 7) is 3.07. The van der Waals surface area contributed by atoms with Gasteiger partial charge in [-0.3, -0.25) is 4.79 Å². The monoisotopic (exact) mass is 250 g/mol. The van der Waals surface area contributed by atoms with E-state index in [9.17, 15) is 4.79 Å². The van der Waals surface area contributed by atoms with Gasteiger partial charge in [0.25, 0.3) is 0 Å². The van der Waals surface area contributed by atoms with Gasteiger partial charge in [0.15, 0.2) is 0 Å². The number of carbonyl (C=O) groups excluding carboxylic acids is 1. The molecule has 92 valence electrons. The minimum Gasteiger partial charge on any atom is -0.355 e. The summed E-state index contributed by atoms with van der Waals surface area (Å²) < 4.78 is 0. The van der Waals surface area contributed by atoms with Crippen molar-refractivity contribution in [2.75, 3.05) is 18.8 Å². The fourth-order valence-electron chi connectivity index (χ4n) is 2.04. The summed E-state index contributed by atoms with van der Waals surface area (Å²) in [6.07, 6.45) is 1.15. The number of nitrogens with one attached hydrogen (secondary N) is 2. The predicted molar refractivity (Wildman–Crippen MR) is 71.2 cm³/mol. The van der Waals surface area contributed by atoms with Gasteiger partial charge in [0.2, 0.25) is 5.91 Å². The minimum atomic E-state index is 0.0337. The SMILES string of the molecule is CC(=O)NCCNC1CCSc2ccccc21. The molecule has 2 N–H and O–H groups in total. The van der Waals surface area contributed by atoms with Crippen molar-refractivity contribution >= 4 is 17.7 Å². The highest BCUT2D eigenvalue weighted by Gasteiger charge is 2.19. The number of carbonyl (C=O) groups is 1. The zero-order chi connectivity index (χ0) is 12.1. The van der Waals surface area contributed by atoms with Crippen LogP contribution in [0.25, 0.3) is 0 Å². The first-order valence-corrected chi connectivity index (χ1v) is 6.95. The molecule has 0 aliphatic carbocycles. The van der Waals surface area contributed by atoms with Crippen LogP contribution < -0.4 is 10.6 Å². The maximum absolute atomic E-state index is 10.8. The Kier molecular flexibility index (Phi) is 4.45. The van der Waals surface area contributed by atoms with Crippen molar-refractivity contribution in [3.63, 3.8) is 0 Å². The maximum atomic E-state index is 10.8. The lowest BCUT2D eigenvalue weighted by molar-refractivity contribution is -0.118. The van der Waals surface area contributed by atoms with Crippen LogP contribution in [0.3, 0.4) is 0 Å². The fourth-order valence-corrected chi connectivity index (χ4v) is 3.16. The maximum Gasteiger partial charge on any atom is 0.216 e. The number of hydrogen-bond acceptors (Lipinski definition) is 3. The summed E-state index contributed by atoms with van der Waals surface area (Å²) in [5.41, 5.74) is 1.39. The molecule has 1 aromatic rings. The van der Waals surface area contributed by atoms with Gasteiger partial charge in [0.1, 0.15) is 0 Å². The number of thioether (sulfide) groups is 1. The molecule has 0 saturated carbocycles. The Hall–Kier alpha value is -1.00. The van der Waals surface area contributed by atoms with Gasteiger partial charge >= 0.3 is 0 Å². The zero-order valence-corrected chi connectivity index (χ0v) is 10.8. The fraction of sp³-hybridized carbons (Fsp3) is 0.462. The average Bonchev–Trinajstić information content (AvgIpc) is 2.34. The molecule has 1 unspecified atom stereocenters. The molecular weight excluding hydrogens is 232 g/mol. The Labute approximate surface area is 106 Å². The standard InChI is InChI=1S/C13H18N2OS/c1-10(16)14-7-8-15-12-6-9-17-13-5-3-2-4-11(12)13/h2-5,12,15H,6-9H2,1H3,(H,14,16). The molecule has 0 aromatic heterocycles. The molecule has 1 aliphatic rings. The van der Waals surface area contributed by atoms with E-state index in [0.29, 0.717) is 12.6 Å².